The van der Waals surface area contributed by atoms with Gasteiger partial charge >= 0.3 is 0 Å². The van der Waals surface area contributed by atoms with Gasteiger partial charge in [-0.05, 0) is 34.7 Å². The number of hydrogen-bond donors (Lipinski definition) is 1. The normalized spacial score (nSPS) is 14.5. The van der Waals surface area contributed by atoms with Crippen LogP contribution in [-0.4, -0.2) is 72.2 Å². The molecule has 1 aliphatic rings. The number of anilines is 1. The van der Waals surface area contributed by atoms with Gasteiger partial charge in [-0.1, -0.05) is 47.0 Å². The Hall–Kier alpha value is -3.02. The Morgan fingerprint density at radius 2 is 1.69 bits per heavy atom. The van der Waals surface area contributed by atoms with E-state index in [0.717, 1.165) is 5.69 Å². The summed E-state index contributed by atoms with van der Waals surface area (Å²) in [4.78, 5) is 16.3. The lowest BCUT2D eigenvalue weighted by molar-refractivity contribution is -0.131. The highest BCUT2D eigenvalue weighted by Gasteiger charge is 2.25. The molecule has 0 spiro atoms. The Morgan fingerprint density at radius 1 is 1.00 bits per heavy atom. The van der Waals surface area contributed by atoms with Crippen LogP contribution in [0.4, 0.5) is 5.95 Å². The number of halogens is 1. The highest BCUT2D eigenvalue weighted by molar-refractivity contribution is 7.89. The molecule has 1 N–H and O–H groups in total. The second kappa shape index (κ2) is 9.63. The summed E-state index contributed by atoms with van der Waals surface area (Å²) in [6, 6.07) is 15.8. The summed E-state index contributed by atoms with van der Waals surface area (Å²) in [6.45, 7) is 2.14. The van der Waals surface area contributed by atoms with Crippen molar-refractivity contribution in [2.75, 3.05) is 37.6 Å². The molecule has 4 rings (SSSR count). The van der Waals surface area contributed by atoms with Gasteiger partial charge in [0.15, 0.2) is 0 Å². The Balaban J connectivity index is 1.29. The van der Waals surface area contributed by atoms with Crippen LogP contribution < -0.4 is 9.62 Å². The maximum atomic E-state index is 12.6. The van der Waals surface area contributed by atoms with Crippen molar-refractivity contribution in [3.05, 3.63) is 59.6 Å². The zero-order chi connectivity index (χ0) is 22.6. The van der Waals surface area contributed by atoms with Gasteiger partial charge in [0, 0.05) is 39.1 Å². The highest BCUT2D eigenvalue weighted by atomic mass is 35.5. The zero-order valence-corrected chi connectivity index (χ0v) is 18.7. The molecule has 3 aromatic rings. The number of carbonyl (C=O) groups is 1. The summed E-state index contributed by atoms with van der Waals surface area (Å²) in [7, 11) is -3.77. The summed E-state index contributed by atoms with van der Waals surface area (Å²) >= 11 is 5.96. The number of amides is 1. The van der Waals surface area contributed by atoms with E-state index in [0.29, 0.717) is 32.1 Å². The van der Waals surface area contributed by atoms with Gasteiger partial charge in [0.05, 0.1) is 10.7 Å². The molecule has 1 aliphatic heterocycles. The topological polar surface area (TPSA) is 113 Å². The first-order valence-electron chi connectivity index (χ1n) is 10.1. The fourth-order valence-electron chi connectivity index (χ4n) is 3.46. The van der Waals surface area contributed by atoms with Gasteiger partial charge in [-0.15, -0.1) is 0 Å². The predicted octanol–water partition coefficient (Wildman–Crippen LogP) is 1.33. The zero-order valence-electron chi connectivity index (χ0n) is 17.1. The summed E-state index contributed by atoms with van der Waals surface area (Å²) < 4.78 is 28.9. The number of rotatable bonds is 7. The van der Waals surface area contributed by atoms with Crippen molar-refractivity contribution in [3.63, 3.8) is 0 Å². The SMILES string of the molecule is O=C(CCNS(=O)(=O)c1ccccc1Cl)N1CCN(c2nnnn2-c2ccccc2)CC1. The number of benzene rings is 2. The third-order valence-electron chi connectivity index (χ3n) is 5.13. The van der Waals surface area contributed by atoms with Crippen LogP contribution in [0, 0.1) is 0 Å². The molecule has 1 aromatic heterocycles. The van der Waals surface area contributed by atoms with E-state index in [1.807, 2.05) is 35.2 Å². The van der Waals surface area contributed by atoms with Gasteiger partial charge < -0.3 is 9.80 Å². The lowest BCUT2D eigenvalue weighted by Gasteiger charge is -2.34. The number of hydrogen-bond acceptors (Lipinski definition) is 7. The Bertz CT molecular complexity index is 1180. The Kier molecular flexibility index (Phi) is 6.68. The maximum Gasteiger partial charge on any atom is 0.250 e. The van der Waals surface area contributed by atoms with Gasteiger partial charge in [0.1, 0.15) is 4.90 Å². The molecule has 1 fully saturated rings. The van der Waals surface area contributed by atoms with Crippen molar-refractivity contribution < 1.29 is 13.2 Å². The second-order valence-corrected chi connectivity index (χ2v) is 9.31. The first kappa shape index (κ1) is 22.2. The molecule has 2 heterocycles. The van der Waals surface area contributed by atoms with Gasteiger partial charge in [-0.3, -0.25) is 4.79 Å². The largest absolute Gasteiger partial charge is 0.339 e. The van der Waals surface area contributed by atoms with Gasteiger partial charge in [-0.2, -0.15) is 4.68 Å². The van der Waals surface area contributed by atoms with Gasteiger partial charge in [0.2, 0.25) is 21.9 Å². The van der Waals surface area contributed by atoms with Crippen LogP contribution in [0.2, 0.25) is 5.02 Å². The van der Waals surface area contributed by atoms with Crippen molar-refractivity contribution >= 4 is 33.5 Å². The van der Waals surface area contributed by atoms with Crippen LogP contribution >= 0.6 is 11.6 Å². The van der Waals surface area contributed by atoms with E-state index >= 15 is 0 Å². The lowest BCUT2D eigenvalue weighted by Crippen LogP contribution is -2.50. The van der Waals surface area contributed by atoms with E-state index in [1.165, 1.54) is 12.1 Å². The molecule has 0 bridgehead atoms. The number of piperazine rings is 1. The third kappa shape index (κ3) is 4.90. The molecule has 168 valence electrons. The van der Waals surface area contributed by atoms with Crippen LogP contribution in [-0.2, 0) is 14.8 Å². The minimum absolute atomic E-state index is 0.00105. The number of aromatic nitrogens is 4. The van der Waals surface area contributed by atoms with E-state index < -0.39 is 10.0 Å². The van der Waals surface area contributed by atoms with Gasteiger partial charge in [0.25, 0.3) is 0 Å². The minimum atomic E-state index is -3.77. The second-order valence-electron chi connectivity index (χ2n) is 7.17. The standard InChI is InChI=1S/C20H22ClN7O3S/c21-17-8-4-5-9-18(17)32(30,31)22-11-10-19(29)26-12-14-27(15-13-26)20-23-24-25-28(20)16-6-2-1-3-7-16/h1-9,22H,10-15H2. The number of tetrazole rings is 1. The molecule has 2 aromatic carbocycles. The molecule has 0 atom stereocenters. The molecule has 0 aliphatic carbocycles. The van der Waals surface area contributed by atoms with Crippen LogP contribution in [0.1, 0.15) is 6.42 Å². The van der Waals surface area contributed by atoms with E-state index in [2.05, 4.69) is 20.2 Å². The van der Waals surface area contributed by atoms with Crippen LogP contribution in [0.5, 0.6) is 0 Å². The number of nitrogens with one attached hydrogen (secondary N) is 1. The van der Waals surface area contributed by atoms with Crippen LogP contribution in [0.15, 0.2) is 59.5 Å². The number of para-hydroxylation sites is 1. The van der Waals surface area contributed by atoms with E-state index in [-0.39, 0.29) is 28.8 Å². The average Bonchev–Trinajstić information content (AvgIpc) is 3.30. The van der Waals surface area contributed by atoms with Crippen molar-refractivity contribution in [3.8, 4) is 5.69 Å². The summed E-state index contributed by atoms with van der Waals surface area (Å²) in [6.07, 6.45) is 0.0609. The molecule has 32 heavy (non-hydrogen) atoms. The Morgan fingerprint density at radius 3 is 2.41 bits per heavy atom. The number of sulfonamides is 1. The lowest BCUT2D eigenvalue weighted by atomic mass is 10.3. The van der Waals surface area contributed by atoms with Crippen molar-refractivity contribution in [2.24, 2.45) is 0 Å². The number of carbonyl (C=O) groups excluding carboxylic acids is 1. The Labute approximate surface area is 190 Å². The first-order chi connectivity index (χ1) is 15.5. The van der Waals surface area contributed by atoms with Gasteiger partial charge in [-0.25, -0.2) is 13.1 Å². The quantitative estimate of drug-likeness (QED) is 0.548. The fraction of sp³-hybridized carbons (Fsp3) is 0.300. The molecule has 0 saturated carbocycles. The molecule has 0 radical (unpaired) electrons. The fourth-order valence-corrected chi connectivity index (χ4v) is 5.01. The average molecular weight is 476 g/mol. The first-order valence-corrected chi connectivity index (χ1v) is 11.9. The molecule has 1 amide bonds. The monoisotopic (exact) mass is 475 g/mol. The van der Waals surface area contributed by atoms with Crippen LogP contribution in [0.3, 0.4) is 0 Å². The van der Waals surface area contributed by atoms with Crippen molar-refractivity contribution in [1.29, 1.82) is 0 Å². The summed E-state index contributed by atoms with van der Waals surface area (Å²) in [5.74, 6) is 0.505. The summed E-state index contributed by atoms with van der Waals surface area (Å²) in [5, 5.41) is 12.1. The molecule has 12 heteroatoms. The van der Waals surface area contributed by atoms with Crippen molar-refractivity contribution in [1.82, 2.24) is 29.8 Å². The predicted molar refractivity (Wildman–Crippen MR) is 119 cm³/mol. The summed E-state index contributed by atoms with van der Waals surface area (Å²) in [5.41, 5.74) is 0.858. The smallest absolute Gasteiger partial charge is 0.250 e. The maximum absolute atomic E-state index is 12.6. The third-order valence-corrected chi connectivity index (χ3v) is 7.09. The molecular weight excluding hydrogens is 454 g/mol. The van der Waals surface area contributed by atoms with Crippen LogP contribution in [0.25, 0.3) is 5.69 Å². The van der Waals surface area contributed by atoms with E-state index in [9.17, 15) is 13.2 Å². The molecule has 10 nitrogen and oxygen atoms in total. The van der Waals surface area contributed by atoms with Crippen molar-refractivity contribution in [2.45, 2.75) is 11.3 Å². The molecule has 1 saturated heterocycles. The van der Waals surface area contributed by atoms with E-state index in [1.54, 1.807) is 21.7 Å². The van der Waals surface area contributed by atoms with E-state index in [4.69, 9.17) is 11.6 Å². The number of nitrogens with zero attached hydrogens (tertiary/aromatic N) is 6. The molecule has 0 unspecified atom stereocenters. The minimum Gasteiger partial charge on any atom is -0.339 e. The molecular formula is C20H22ClN7O3S. The highest BCUT2D eigenvalue weighted by Crippen LogP contribution is 2.20.